The van der Waals surface area contributed by atoms with Gasteiger partial charge >= 0.3 is 17.9 Å². The molecule has 0 radical (unpaired) electrons. The number of benzene rings is 2. The van der Waals surface area contributed by atoms with E-state index in [2.05, 4.69) is 16.4 Å². The van der Waals surface area contributed by atoms with Crippen LogP contribution in [0.4, 0.5) is 11.5 Å². The van der Waals surface area contributed by atoms with Gasteiger partial charge in [0.25, 0.3) is 5.91 Å². The first-order valence-corrected chi connectivity index (χ1v) is 13.6. The number of rotatable bonds is 12. The van der Waals surface area contributed by atoms with Gasteiger partial charge in [-0.1, -0.05) is 6.07 Å². The highest BCUT2D eigenvalue weighted by Gasteiger charge is 2.21. The molecule has 4 aromatic rings. The van der Waals surface area contributed by atoms with Gasteiger partial charge in [-0.2, -0.15) is 5.26 Å². The molecule has 13 nitrogen and oxygen atoms in total. The van der Waals surface area contributed by atoms with E-state index < -0.39 is 11.9 Å². The quantitative estimate of drug-likeness (QED) is 0.200. The van der Waals surface area contributed by atoms with Crippen molar-refractivity contribution in [2.75, 3.05) is 23.4 Å². The minimum absolute atomic E-state index is 0.0626. The van der Waals surface area contributed by atoms with Crippen LogP contribution in [0, 0.1) is 11.3 Å². The van der Waals surface area contributed by atoms with Crippen molar-refractivity contribution < 1.29 is 34.1 Å². The third-order valence-electron chi connectivity index (χ3n) is 6.25. The van der Waals surface area contributed by atoms with Crippen molar-refractivity contribution in [3.63, 3.8) is 0 Å². The molecule has 3 N–H and O–H groups in total. The van der Waals surface area contributed by atoms with E-state index in [1.807, 2.05) is 29.8 Å². The molecule has 2 heterocycles. The Morgan fingerprint density at radius 1 is 1.00 bits per heavy atom. The van der Waals surface area contributed by atoms with Gasteiger partial charge < -0.3 is 24.8 Å². The number of carboxylic acid groups (broad SMARTS) is 2. The lowest BCUT2D eigenvalue weighted by atomic mass is 10.1. The van der Waals surface area contributed by atoms with Crippen molar-refractivity contribution in [3.8, 4) is 6.07 Å². The topological polar surface area (TPSA) is 188 Å². The van der Waals surface area contributed by atoms with Gasteiger partial charge in [0.05, 0.1) is 55.1 Å². The van der Waals surface area contributed by atoms with E-state index in [1.165, 1.54) is 4.90 Å². The van der Waals surface area contributed by atoms with Crippen LogP contribution in [0.5, 0.6) is 0 Å². The van der Waals surface area contributed by atoms with Gasteiger partial charge in [0, 0.05) is 31.0 Å². The van der Waals surface area contributed by atoms with Crippen molar-refractivity contribution in [3.05, 3.63) is 83.8 Å². The fourth-order valence-corrected chi connectivity index (χ4v) is 4.02. The van der Waals surface area contributed by atoms with Crippen molar-refractivity contribution in [2.24, 2.45) is 7.05 Å². The molecular weight excluding hydrogens is 568 g/mol. The van der Waals surface area contributed by atoms with Gasteiger partial charge in [0.1, 0.15) is 11.6 Å². The maximum Gasteiger partial charge on any atom is 0.307 e. The molecule has 13 heteroatoms. The number of carboxylic acids is 2. The van der Waals surface area contributed by atoms with Gasteiger partial charge in [-0.3, -0.25) is 24.1 Å². The molecule has 1 amide bonds. The first-order valence-electron chi connectivity index (χ1n) is 13.6. The number of aromatic nitrogens is 3. The lowest BCUT2D eigenvalue weighted by Gasteiger charge is -2.21. The van der Waals surface area contributed by atoms with Crippen LogP contribution in [0.1, 0.15) is 47.9 Å². The van der Waals surface area contributed by atoms with Gasteiger partial charge in [-0.05, 0) is 61.5 Å². The number of aliphatic carboxylic acids is 2. The molecule has 2 aromatic carbocycles. The number of aryl methyl sites for hydroxylation is 1. The summed E-state index contributed by atoms with van der Waals surface area (Å²) in [5.41, 5.74) is 3.50. The Morgan fingerprint density at radius 3 is 2.30 bits per heavy atom. The number of carbonyl (C=O) groups is 4. The molecular formula is C31H32N6O7. The molecule has 0 saturated carbocycles. The van der Waals surface area contributed by atoms with E-state index in [-0.39, 0.29) is 44.3 Å². The number of carbonyl (C=O) groups excluding carboxylic acids is 2. The predicted octanol–water partition coefficient (Wildman–Crippen LogP) is 3.99. The Morgan fingerprint density at radius 2 is 1.70 bits per heavy atom. The van der Waals surface area contributed by atoms with Crippen LogP contribution in [0.25, 0.3) is 11.0 Å². The summed E-state index contributed by atoms with van der Waals surface area (Å²) < 4.78 is 6.99. The van der Waals surface area contributed by atoms with Gasteiger partial charge in [0.2, 0.25) is 0 Å². The highest BCUT2D eigenvalue weighted by atomic mass is 16.5. The van der Waals surface area contributed by atoms with E-state index in [9.17, 15) is 19.2 Å². The Hall–Kier alpha value is -5.77. The fourth-order valence-electron chi connectivity index (χ4n) is 4.02. The summed E-state index contributed by atoms with van der Waals surface area (Å²) in [6, 6.07) is 20.0. The number of anilines is 2. The number of pyridine rings is 1. The minimum atomic E-state index is -1.08. The van der Waals surface area contributed by atoms with Crippen molar-refractivity contribution in [1.29, 1.82) is 5.26 Å². The highest BCUT2D eigenvalue weighted by molar-refractivity contribution is 6.07. The van der Waals surface area contributed by atoms with E-state index in [0.29, 0.717) is 29.0 Å². The number of hydrogen-bond acceptors (Lipinski definition) is 9. The normalized spacial score (nSPS) is 10.2. The first kappa shape index (κ1) is 32.7. The van der Waals surface area contributed by atoms with Crippen LogP contribution < -0.4 is 10.2 Å². The van der Waals surface area contributed by atoms with Gasteiger partial charge in [0.15, 0.2) is 0 Å². The molecule has 4 rings (SSSR count). The predicted molar refractivity (Wildman–Crippen MR) is 161 cm³/mol. The zero-order valence-electron chi connectivity index (χ0n) is 24.3. The maximum absolute atomic E-state index is 13.5. The summed E-state index contributed by atoms with van der Waals surface area (Å²) in [7, 11) is 1.92. The second-order valence-electron chi connectivity index (χ2n) is 9.32. The Kier molecular flexibility index (Phi) is 11.9. The number of nitriles is 1. The second-order valence-corrected chi connectivity index (χ2v) is 9.32. The monoisotopic (exact) mass is 600 g/mol. The van der Waals surface area contributed by atoms with Crippen molar-refractivity contribution >= 4 is 46.4 Å². The lowest BCUT2D eigenvalue weighted by Crippen LogP contribution is -2.34. The van der Waals surface area contributed by atoms with E-state index in [0.717, 1.165) is 17.0 Å². The molecule has 0 aliphatic rings. The molecule has 0 fully saturated rings. The van der Waals surface area contributed by atoms with Gasteiger partial charge in [-0.15, -0.1) is 0 Å². The number of hydrogen-bond donors (Lipinski definition) is 3. The number of nitrogens with zero attached hydrogens (tertiary/aromatic N) is 5. The maximum atomic E-state index is 13.5. The Bertz CT molecular complexity index is 1630. The molecule has 0 saturated heterocycles. The molecule has 0 unspecified atom stereocenters. The van der Waals surface area contributed by atoms with Crippen molar-refractivity contribution in [1.82, 2.24) is 14.5 Å². The zero-order chi connectivity index (χ0) is 32.1. The minimum Gasteiger partial charge on any atom is -0.481 e. The molecule has 0 aliphatic heterocycles. The number of ether oxygens (including phenoxy) is 1. The summed E-state index contributed by atoms with van der Waals surface area (Å²) in [4.78, 5) is 55.2. The standard InChI is InChI=1S/C27H26N6O3.C4H6O4/c1-3-36-26(34)13-15-33(24-6-4-5-14-29-24)27(35)20-9-12-23-22(16-20)31-25(32(23)2)18-30-21-10-7-19(17-28)8-11-21;5-3(6)1-2-4(7)8/h4-12,14,16,30H,3,13,15,18H2,1-2H3;1-2H2,(H,5,6)(H,7,8). The third-order valence-corrected chi connectivity index (χ3v) is 6.25. The van der Waals surface area contributed by atoms with Crippen LogP contribution in [-0.4, -0.2) is 61.7 Å². The van der Waals surface area contributed by atoms with Gasteiger partial charge in [-0.25, -0.2) is 9.97 Å². The number of esters is 1. The van der Waals surface area contributed by atoms with E-state index in [1.54, 1.807) is 55.6 Å². The molecule has 0 aliphatic carbocycles. The average Bonchev–Trinajstić information content (AvgIpc) is 3.34. The van der Waals surface area contributed by atoms with Crippen LogP contribution in [0.2, 0.25) is 0 Å². The van der Waals surface area contributed by atoms with Crippen LogP contribution >= 0.6 is 0 Å². The molecule has 44 heavy (non-hydrogen) atoms. The largest absolute Gasteiger partial charge is 0.481 e. The number of amides is 1. The number of nitrogens with one attached hydrogen (secondary N) is 1. The van der Waals surface area contributed by atoms with Crippen LogP contribution in [0.3, 0.4) is 0 Å². The lowest BCUT2D eigenvalue weighted by molar-refractivity contribution is -0.143. The fraction of sp³-hybridized carbons (Fsp3) is 0.258. The van der Waals surface area contributed by atoms with Crippen molar-refractivity contribution in [2.45, 2.75) is 32.7 Å². The second kappa shape index (κ2) is 16.0. The van der Waals surface area contributed by atoms with Crippen LogP contribution in [0.15, 0.2) is 66.9 Å². The molecule has 0 bridgehead atoms. The first-order chi connectivity index (χ1) is 21.1. The third kappa shape index (κ3) is 9.38. The Labute approximate surface area is 253 Å². The summed E-state index contributed by atoms with van der Waals surface area (Å²) in [5, 5.41) is 28.1. The zero-order valence-corrected chi connectivity index (χ0v) is 24.3. The smallest absolute Gasteiger partial charge is 0.307 e. The molecule has 0 spiro atoms. The van der Waals surface area contributed by atoms with E-state index in [4.69, 9.17) is 25.2 Å². The van der Waals surface area contributed by atoms with Crippen LogP contribution in [-0.2, 0) is 32.7 Å². The van der Waals surface area contributed by atoms with E-state index >= 15 is 0 Å². The average molecular weight is 601 g/mol. The molecule has 228 valence electrons. The summed E-state index contributed by atoms with van der Waals surface area (Å²) >= 11 is 0. The number of imidazole rings is 1. The number of fused-ring (bicyclic) bond motifs is 1. The summed E-state index contributed by atoms with van der Waals surface area (Å²) in [5.74, 6) is -1.54. The Balaban J connectivity index is 0.000000583. The summed E-state index contributed by atoms with van der Waals surface area (Å²) in [6.45, 7) is 2.65. The SMILES string of the molecule is CCOC(=O)CCN(C(=O)c1ccc2c(c1)nc(CNc1ccc(C#N)cc1)n2C)c1ccccn1.O=C(O)CCC(=O)O. The molecule has 0 atom stereocenters. The molecule has 2 aromatic heterocycles. The highest BCUT2D eigenvalue weighted by Crippen LogP contribution is 2.21. The summed E-state index contributed by atoms with van der Waals surface area (Å²) in [6.07, 6.45) is 1.08.